The van der Waals surface area contributed by atoms with Crippen molar-refractivity contribution in [3.8, 4) is 11.5 Å². The predicted octanol–water partition coefficient (Wildman–Crippen LogP) is 3.49. The minimum Gasteiger partial charge on any atom is -0.497 e. The highest BCUT2D eigenvalue weighted by atomic mass is 16.5. The molecular weight excluding hydrogens is 338 g/mol. The van der Waals surface area contributed by atoms with Crippen LogP contribution in [0.2, 0.25) is 0 Å². The van der Waals surface area contributed by atoms with Crippen LogP contribution in [0, 0.1) is 5.92 Å². The average Bonchev–Trinajstić information content (AvgIpc) is 2.72. The van der Waals surface area contributed by atoms with Gasteiger partial charge in [0.2, 0.25) is 0 Å². The molecule has 0 unspecified atom stereocenters. The molecule has 27 heavy (non-hydrogen) atoms. The van der Waals surface area contributed by atoms with Crippen molar-refractivity contribution >= 4 is 0 Å². The van der Waals surface area contributed by atoms with E-state index in [1.54, 1.807) is 13.3 Å². The van der Waals surface area contributed by atoms with E-state index in [1.807, 2.05) is 30.3 Å². The molecule has 1 saturated heterocycles. The van der Waals surface area contributed by atoms with Gasteiger partial charge < -0.3 is 19.7 Å². The van der Waals surface area contributed by atoms with Crippen molar-refractivity contribution in [2.75, 3.05) is 33.8 Å². The molecule has 0 amide bonds. The van der Waals surface area contributed by atoms with Crippen LogP contribution in [-0.2, 0) is 13.2 Å². The van der Waals surface area contributed by atoms with Crippen LogP contribution in [0.15, 0.2) is 42.6 Å². The zero-order valence-electron chi connectivity index (χ0n) is 16.5. The van der Waals surface area contributed by atoms with Crippen LogP contribution < -0.4 is 14.8 Å². The van der Waals surface area contributed by atoms with Gasteiger partial charge in [-0.05, 0) is 82.2 Å². The number of likely N-dealkylation sites (tertiary alicyclic amines) is 1. The van der Waals surface area contributed by atoms with Crippen LogP contribution in [0.25, 0.3) is 0 Å². The van der Waals surface area contributed by atoms with Crippen LogP contribution in [-0.4, -0.2) is 43.7 Å². The van der Waals surface area contributed by atoms with E-state index < -0.39 is 0 Å². The van der Waals surface area contributed by atoms with Gasteiger partial charge in [-0.15, -0.1) is 0 Å². The molecule has 1 fully saturated rings. The Morgan fingerprint density at radius 1 is 1.19 bits per heavy atom. The number of aromatic nitrogens is 1. The lowest BCUT2D eigenvalue weighted by molar-refractivity contribution is 0.211. The van der Waals surface area contributed by atoms with Gasteiger partial charge in [-0.2, -0.15) is 0 Å². The Balaban J connectivity index is 1.51. The van der Waals surface area contributed by atoms with Crippen molar-refractivity contribution in [1.29, 1.82) is 0 Å². The lowest BCUT2D eigenvalue weighted by atomic mass is 9.94. The molecule has 0 atom stereocenters. The average molecular weight is 370 g/mol. The predicted molar refractivity (Wildman–Crippen MR) is 108 cm³/mol. The minimum absolute atomic E-state index is 0.468. The fourth-order valence-corrected chi connectivity index (χ4v) is 3.48. The molecule has 1 aliphatic rings. The lowest BCUT2D eigenvalue weighted by Gasteiger charge is -2.28. The topological polar surface area (TPSA) is 46.6 Å². The third kappa shape index (κ3) is 6.22. The number of pyridine rings is 1. The summed E-state index contributed by atoms with van der Waals surface area (Å²) in [7, 11) is 3.91. The van der Waals surface area contributed by atoms with Crippen LogP contribution in [0.3, 0.4) is 0 Å². The second-order valence-corrected chi connectivity index (χ2v) is 7.30. The molecule has 0 spiro atoms. The summed E-state index contributed by atoms with van der Waals surface area (Å²) in [6.07, 6.45) is 5.66. The maximum atomic E-state index is 6.02. The first-order chi connectivity index (χ1) is 13.2. The van der Waals surface area contributed by atoms with Gasteiger partial charge in [0.15, 0.2) is 0 Å². The van der Waals surface area contributed by atoms with Crippen LogP contribution in [0.4, 0.5) is 0 Å². The Morgan fingerprint density at radius 3 is 2.78 bits per heavy atom. The van der Waals surface area contributed by atoms with Crippen molar-refractivity contribution in [3.05, 3.63) is 53.9 Å². The van der Waals surface area contributed by atoms with Gasteiger partial charge in [-0.1, -0.05) is 6.07 Å². The van der Waals surface area contributed by atoms with E-state index in [9.17, 15) is 0 Å². The summed E-state index contributed by atoms with van der Waals surface area (Å²) in [6.45, 7) is 4.74. The van der Waals surface area contributed by atoms with Gasteiger partial charge in [0, 0.05) is 18.3 Å². The normalized spacial score (nSPS) is 15.6. The first-order valence-corrected chi connectivity index (χ1v) is 9.83. The van der Waals surface area contributed by atoms with Crippen molar-refractivity contribution in [3.63, 3.8) is 0 Å². The first-order valence-electron chi connectivity index (χ1n) is 9.83. The molecule has 0 bridgehead atoms. The molecule has 1 N–H and O–H groups in total. The van der Waals surface area contributed by atoms with Gasteiger partial charge in [-0.25, -0.2) is 0 Å². The number of hydrogen-bond acceptors (Lipinski definition) is 5. The van der Waals surface area contributed by atoms with E-state index in [1.165, 1.54) is 32.4 Å². The number of hydrogen-bond donors (Lipinski definition) is 1. The monoisotopic (exact) mass is 369 g/mol. The second-order valence-electron chi connectivity index (χ2n) is 7.30. The number of nitrogens with zero attached hydrogens (tertiary/aromatic N) is 2. The van der Waals surface area contributed by atoms with Crippen LogP contribution >= 0.6 is 0 Å². The quantitative estimate of drug-likeness (QED) is 0.686. The fraction of sp³-hybridized carbons (Fsp3) is 0.500. The maximum absolute atomic E-state index is 6.02. The molecule has 5 nitrogen and oxygen atoms in total. The zero-order valence-corrected chi connectivity index (χ0v) is 16.5. The summed E-state index contributed by atoms with van der Waals surface area (Å²) in [5.41, 5.74) is 2.04. The molecule has 0 aliphatic carbocycles. The first kappa shape index (κ1) is 19.6. The fourth-order valence-electron chi connectivity index (χ4n) is 3.48. The van der Waals surface area contributed by atoms with Crippen molar-refractivity contribution in [2.24, 2.45) is 5.92 Å². The largest absolute Gasteiger partial charge is 0.497 e. The highest BCUT2D eigenvalue weighted by Crippen LogP contribution is 2.25. The molecule has 2 aromatic rings. The second kappa shape index (κ2) is 10.3. The Hall–Kier alpha value is -2.11. The standard InChI is InChI=1S/C22H31N3O2/c1-25-13-9-18(10-14-25)8-12-23-16-19-15-21(26-2)6-7-22(19)27-17-20-5-3-4-11-24-20/h3-7,11,15,18,23H,8-10,12-14,16-17H2,1-2H3. The van der Waals surface area contributed by atoms with Gasteiger partial charge in [0.1, 0.15) is 18.1 Å². The number of rotatable bonds is 9. The number of ether oxygens (including phenoxy) is 2. The van der Waals surface area contributed by atoms with Crippen molar-refractivity contribution in [1.82, 2.24) is 15.2 Å². The summed E-state index contributed by atoms with van der Waals surface area (Å²) >= 11 is 0. The summed E-state index contributed by atoms with van der Waals surface area (Å²) < 4.78 is 11.4. The molecule has 0 radical (unpaired) electrons. The van der Waals surface area contributed by atoms with E-state index in [0.717, 1.165) is 41.8 Å². The highest BCUT2D eigenvalue weighted by Gasteiger charge is 2.16. The van der Waals surface area contributed by atoms with E-state index >= 15 is 0 Å². The van der Waals surface area contributed by atoms with E-state index in [-0.39, 0.29) is 0 Å². The SMILES string of the molecule is COc1ccc(OCc2ccccn2)c(CNCCC2CCN(C)CC2)c1. The number of methoxy groups -OCH3 is 1. The Bertz CT molecular complexity index is 685. The van der Waals surface area contributed by atoms with Crippen LogP contribution in [0.5, 0.6) is 11.5 Å². The van der Waals surface area contributed by atoms with E-state index in [0.29, 0.717) is 6.61 Å². The Kier molecular flexibility index (Phi) is 7.48. The van der Waals surface area contributed by atoms with Crippen molar-refractivity contribution in [2.45, 2.75) is 32.4 Å². The summed E-state index contributed by atoms with van der Waals surface area (Å²) in [4.78, 5) is 6.74. The molecule has 5 heteroatoms. The molecule has 0 saturated carbocycles. The minimum atomic E-state index is 0.468. The number of nitrogens with one attached hydrogen (secondary N) is 1. The smallest absolute Gasteiger partial charge is 0.130 e. The zero-order chi connectivity index (χ0) is 18.9. The highest BCUT2D eigenvalue weighted by molar-refractivity contribution is 5.40. The van der Waals surface area contributed by atoms with E-state index in [2.05, 4.69) is 28.3 Å². The number of benzene rings is 1. The maximum Gasteiger partial charge on any atom is 0.130 e. The van der Waals surface area contributed by atoms with Gasteiger partial charge in [0.05, 0.1) is 12.8 Å². The molecular formula is C22H31N3O2. The molecule has 1 aromatic heterocycles. The summed E-state index contributed by atoms with van der Waals surface area (Å²) in [5.74, 6) is 2.58. The summed E-state index contributed by atoms with van der Waals surface area (Å²) in [5, 5.41) is 3.59. The van der Waals surface area contributed by atoms with Crippen molar-refractivity contribution < 1.29 is 9.47 Å². The van der Waals surface area contributed by atoms with E-state index in [4.69, 9.17) is 9.47 Å². The molecule has 2 heterocycles. The molecule has 1 aliphatic heterocycles. The Labute approximate surface area is 162 Å². The van der Waals surface area contributed by atoms with Gasteiger partial charge in [0.25, 0.3) is 0 Å². The molecule has 146 valence electrons. The van der Waals surface area contributed by atoms with Gasteiger partial charge >= 0.3 is 0 Å². The summed E-state index contributed by atoms with van der Waals surface area (Å²) in [6, 6.07) is 11.8. The third-order valence-corrected chi connectivity index (χ3v) is 5.25. The third-order valence-electron chi connectivity index (χ3n) is 5.25. The number of piperidine rings is 1. The van der Waals surface area contributed by atoms with Gasteiger partial charge in [-0.3, -0.25) is 4.98 Å². The van der Waals surface area contributed by atoms with Crippen LogP contribution in [0.1, 0.15) is 30.5 Å². The Morgan fingerprint density at radius 2 is 2.04 bits per heavy atom. The lowest BCUT2D eigenvalue weighted by Crippen LogP contribution is -2.31. The molecule has 3 rings (SSSR count). The molecule has 1 aromatic carbocycles.